The van der Waals surface area contributed by atoms with Crippen molar-refractivity contribution in [3.63, 3.8) is 0 Å². The smallest absolute Gasteiger partial charge is 0.147 e. The second-order valence-corrected chi connectivity index (χ2v) is 5.08. The van der Waals surface area contributed by atoms with Crippen LogP contribution in [0.1, 0.15) is 31.0 Å². The van der Waals surface area contributed by atoms with Crippen molar-refractivity contribution in [2.24, 2.45) is 5.73 Å². The first-order chi connectivity index (χ1) is 9.52. The lowest BCUT2D eigenvalue weighted by molar-refractivity contribution is 0.620. The molecule has 2 aromatic carbocycles. The Balaban J connectivity index is 2.39. The van der Waals surface area contributed by atoms with Crippen molar-refractivity contribution < 1.29 is 4.39 Å². The molecule has 2 N–H and O–H groups in total. The van der Waals surface area contributed by atoms with E-state index in [0.29, 0.717) is 12.2 Å². The molecule has 2 rings (SSSR count). The van der Waals surface area contributed by atoms with Gasteiger partial charge in [0.2, 0.25) is 0 Å². The van der Waals surface area contributed by atoms with E-state index in [1.165, 1.54) is 11.6 Å². The van der Waals surface area contributed by atoms with Crippen molar-refractivity contribution in [3.8, 4) is 0 Å². The van der Waals surface area contributed by atoms with Crippen molar-refractivity contribution in [2.45, 2.75) is 26.8 Å². The van der Waals surface area contributed by atoms with Crippen LogP contribution in [-0.2, 0) is 0 Å². The highest BCUT2D eigenvalue weighted by Gasteiger charge is 2.13. The number of nitrogens with zero attached hydrogens (tertiary/aromatic N) is 1. The summed E-state index contributed by atoms with van der Waals surface area (Å²) in [5.74, 6) is -0.234. The zero-order valence-corrected chi connectivity index (χ0v) is 12.2. The summed E-state index contributed by atoms with van der Waals surface area (Å²) >= 11 is 0. The summed E-state index contributed by atoms with van der Waals surface area (Å²) in [5, 5.41) is 0. The van der Waals surface area contributed by atoms with Crippen LogP contribution in [0.2, 0.25) is 0 Å². The maximum absolute atomic E-state index is 14.3. The first-order valence-corrected chi connectivity index (χ1v) is 6.92. The summed E-state index contributed by atoms with van der Waals surface area (Å²) < 4.78 is 14.3. The molecule has 2 nitrogen and oxygen atoms in total. The molecule has 0 amide bonds. The van der Waals surface area contributed by atoms with Crippen molar-refractivity contribution in [1.82, 2.24) is 0 Å². The van der Waals surface area contributed by atoms with Gasteiger partial charge in [-0.1, -0.05) is 23.8 Å². The molecule has 3 heteroatoms. The van der Waals surface area contributed by atoms with Crippen molar-refractivity contribution in [1.29, 1.82) is 0 Å². The fourth-order valence-corrected chi connectivity index (χ4v) is 2.24. The van der Waals surface area contributed by atoms with Gasteiger partial charge in [0.25, 0.3) is 0 Å². The molecule has 0 aliphatic rings. The zero-order valence-electron chi connectivity index (χ0n) is 12.2. The topological polar surface area (TPSA) is 29.3 Å². The Bertz CT molecular complexity index is 576. The highest BCUT2D eigenvalue weighted by Crippen LogP contribution is 2.29. The molecule has 1 atom stereocenters. The van der Waals surface area contributed by atoms with Crippen LogP contribution < -0.4 is 10.6 Å². The molecule has 2 aromatic rings. The van der Waals surface area contributed by atoms with E-state index >= 15 is 0 Å². The highest BCUT2D eigenvalue weighted by atomic mass is 19.1. The van der Waals surface area contributed by atoms with E-state index in [0.717, 1.165) is 11.3 Å². The van der Waals surface area contributed by atoms with Gasteiger partial charge in [0.05, 0.1) is 5.69 Å². The third-order valence-corrected chi connectivity index (χ3v) is 3.45. The molecule has 0 spiro atoms. The molecule has 0 saturated carbocycles. The number of rotatable bonds is 4. The summed E-state index contributed by atoms with van der Waals surface area (Å²) in [6, 6.07) is 13.1. The van der Waals surface area contributed by atoms with Gasteiger partial charge >= 0.3 is 0 Å². The molecule has 106 valence electrons. The largest absolute Gasteiger partial charge is 0.339 e. The first kappa shape index (κ1) is 14.5. The lowest BCUT2D eigenvalue weighted by atomic mass is 10.1. The number of hydrogen-bond donors (Lipinski definition) is 1. The van der Waals surface area contributed by atoms with Crippen LogP contribution in [0.4, 0.5) is 15.8 Å². The number of nitrogens with two attached hydrogens (primary N) is 1. The molecule has 0 saturated heterocycles. The van der Waals surface area contributed by atoms with Crippen molar-refractivity contribution in [3.05, 3.63) is 59.4 Å². The number of benzene rings is 2. The Morgan fingerprint density at radius 1 is 1.15 bits per heavy atom. The quantitative estimate of drug-likeness (QED) is 0.898. The number of aryl methyl sites for hydroxylation is 1. The van der Waals surface area contributed by atoms with Gasteiger partial charge in [-0.2, -0.15) is 0 Å². The molecule has 0 bridgehead atoms. The van der Waals surface area contributed by atoms with Gasteiger partial charge in [-0.05, 0) is 50.6 Å². The first-order valence-electron chi connectivity index (χ1n) is 6.92. The third kappa shape index (κ3) is 2.99. The number of anilines is 2. The number of halogens is 1. The lowest BCUT2D eigenvalue weighted by Crippen LogP contribution is -2.18. The summed E-state index contributed by atoms with van der Waals surface area (Å²) in [7, 11) is 0. The van der Waals surface area contributed by atoms with Gasteiger partial charge in [0.15, 0.2) is 0 Å². The van der Waals surface area contributed by atoms with E-state index in [9.17, 15) is 4.39 Å². The minimum absolute atomic E-state index is 0.159. The summed E-state index contributed by atoms with van der Waals surface area (Å²) in [6.45, 7) is 6.61. The Hall–Kier alpha value is -1.87. The second-order valence-electron chi connectivity index (χ2n) is 5.08. The van der Waals surface area contributed by atoms with Crippen LogP contribution in [0.25, 0.3) is 0 Å². The molecule has 0 aliphatic heterocycles. The highest BCUT2D eigenvalue weighted by molar-refractivity contribution is 5.64. The molecule has 0 aliphatic carbocycles. The SMILES string of the molecule is CCN(c1ccc(C)cc1)c1ccc([C@@H](C)N)cc1F. The van der Waals surface area contributed by atoms with Gasteiger partial charge in [-0.3, -0.25) is 0 Å². The predicted molar refractivity (Wildman–Crippen MR) is 82.9 cm³/mol. The fourth-order valence-electron chi connectivity index (χ4n) is 2.24. The van der Waals surface area contributed by atoms with Gasteiger partial charge in [0, 0.05) is 18.3 Å². The van der Waals surface area contributed by atoms with E-state index in [2.05, 4.69) is 0 Å². The van der Waals surface area contributed by atoms with Crippen LogP contribution in [0.5, 0.6) is 0 Å². The summed E-state index contributed by atoms with van der Waals surface area (Å²) in [4.78, 5) is 1.96. The molecule has 0 fully saturated rings. The van der Waals surface area contributed by atoms with E-state index in [-0.39, 0.29) is 11.9 Å². The van der Waals surface area contributed by atoms with Crippen LogP contribution in [0.3, 0.4) is 0 Å². The van der Waals surface area contributed by atoms with Gasteiger partial charge in [-0.15, -0.1) is 0 Å². The Kier molecular flexibility index (Phi) is 4.40. The van der Waals surface area contributed by atoms with Gasteiger partial charge in [-0.25, -0.2) is 4.39 Å². The normalized spacial score (nSPS) is 12.2. The Morgan fingerprint density at radius 3 is 2.30 bits per heavy atom. The molecule has 0 heterocycles. The molecule has 0 unspecified atom stereocenters. The van der Waals surface area contributed by atoms with Gasteiger partial charge in [0.1, 0.15) is 5.82 Å². The average Bonchev–Trinajstić information content (AvgIpc) is 2.43. The minimum atomic E-state index is -0.234. The van der Waals surface area contributed by atoms with Crippen LogP contribution in [-0.4, -0.2) is 6.54 Å². The molecular formula is C17H21FN2. The van der Waals surface area contributed by atoms with Crippen molar-refractivity contribution in [2.75, 3.05) is 11.4 Å². The summed E-state index contributed by atoms with van der Waals surface area (Å²) in [5.41, 5.74) is 9.37. The third-order valence-electron chi connectivity index (χ3n) is 3.45. The van der Waals surface area contributed by atoms with Crippen LogP contribution in [0.15, 0.2) is 42.5 Å². The van der Waals surface area contributed by atoms with E-state index < -0.39 is 0 Å². The average molecular weight is 272 g/mol. The monoisotopic (exact) mass is 272 g/mol. The number of hydrogen-bond acceptors (Lipinski definition) is 2. The van der Waals surface area contributed by atoms with Gasteiger partial charge < -0.3 is 10.6 Å². The summed E-state index contributed by atoms with van der Waals surface area (Å²) in [6.07, 6.45) is 0. The molecule has 0 radical (unpaired) electrons. The molecule has 0 aromatic heterocycles. The van der Waals surface area contributed by atoms with E-state index in [4.69, 9.17) is 5.73 Å². The maximum atomic E-state index is 14.3. The second kappa shape index (κ2) is 6.06. The van der Waals surface area contributed by atoms with E-state index in [1.54, 1.807) is 6.07 Å². The standard InChI is InChI=1S/C17H21FN2/c1-4-20(15-8-5-12(2)6-9-15)17-10-7-14(13(3)19)11-16(17)18/h5-11,13H,4,19H2,1-3H3/t13-/m1/s1. The molecule has 20 heavy (non-hydrogen) atoms. The van der Waals surface area contributed by atoms with Crippen molar-refractivity contribution >= 4 is 11.4 Å². The van der Waals surface area contributed by atoms with Crippen LogP contribution in [0, 0.1) is 12.7 Å². The Morgan fingerprint density at radius 2 is 1.80 bits per heavy atom. The lowest BCUT2D eigenvalue weighted by Gasteiger charge is -2.24. The Labute approximate surface area is 120 Å². The van der Waals surface area contributed by atoms with E-state index in [1.807, 2.05) is 56.0 Å². The minimum Gasteiger partial charge on any atom is -0.339 e. The maximum Gasteiger partial charge on any atom is 0.147 e. The fraction of sp³-hybridized carbons (Fsp3) is 0.294. The van der Waals surface area contributed by atoms with Crippen LogP contribution >= 0.6 is 0 Å². The predicted octanol–water partition coefficient (Wildman–Crippen LogP) is 4.31. The zero-order chi connectivity index (χ0) is 14.7. The molecular weight excluding hydrogens is 251 g/mol.